The number of esters is 1. The maximum absolute atomic E-state index is 12.7. The van der Waals surface area contributed by atoms with Crippen LogP contribution in [0.5, 0.6) is 0 Å². The summed E-state index contributed by atoms with van der Waals surface area (Å²) in [5.41, 5.74) is 3.02. The number of benzene rings is 1. The van der Waals surface area contributed by atoms with Crippen molar-refractivity contribution in [3.05, 3.63) is 28.8 Å². The van der Waals surface area contributed by atoms with E-state index in [4.69, 9.17) is 14.0 Å². The van der Waals surface area contributed by atoms with Crippen LogP contribution in [0.1, 0.15) is 83.3 Å². The largest absolute Gasteiger partial charge is 0.495 e. The third kappa shape index (κ3) is 4.09. The second-order valence-corrected chi connectivity index (χ2v) is 9.09. The molecule has 0 aromatic heterocycles. The zero-order valence-corrected chi connectivity index (χ0v) is 18.5. The fraction of sp³-hybridized carbons (Fsp3) is 0.682. The lowest BCUT2D eigenvalue weighted by molar-refractivity contribution is 0.00578. The molecule has 0 radical (unpaired) electrons. The van der Waals surface area contributed by atoms with Crippen LogP contribution >= 0.6 is 0 Å². The van der Waals surface area contributed by atoms with Crippen molar-refractivity contribution in [2.75, 3.05) is 7.11 Å². The number of fused-ring (bicyclic) bond motifs is 1. The minimum atomic E-state index is -0.561. The molecule has 1 aromatic rings. The Morgan fingerprint density at radius 1 is 1.04 bits per heavy atom. The Labute approximate surface area is 165 Å². The van der Waals surface area contributed by atoms with Gasteiger partial charge in [-0.1, -0.05) is 39.8 Å². The smallest absolute Gasteiger partial charge is 0.465 e. The minimum Gasteiger partial charge on any atom is -0.465 e. The maximum atomic E-state index is 12.7. The van der Waals surface area contributed by atoms with Crippen molar-refractivity contribution in [3.63, 3.8) is 0 Å². The van der Waals surface area contributed by atoms with Gasteiger partial charge in [-0.3, -0.25) is 0 Å². The molecule has 0 unspecified atom stereocenters. The zero-order valence-electron chi connectivity index (χ0n) is 18.5. The second kappa shape index (κ2) is 7.59. The Kier molecular flexibility index (Phi) is 6.18. The zero-order chi connectivity index (χ0) is 20.6. The summed E-state index contributed by atoms with van der Waals surface area (Å²) in [6, 6.07) is 4.10. The van der Waals surface area contributed by atoms with Crippen LogP contribution in [0.3, 0.4) is 0 Å². The Balaban J connectivity index is 0.00000126. The van der Waals surface area contributed by atoms with E-state index in [0.717, 1.165) is 30.3 Å². The summed E-state index contributed by atoms with van der Waals surface area (Å²) in [4.78, 5) is 12.7. The average molecular weight is 374 g/mol. The highest BCUT2D eigenvalue weighted by molar-refractivity contribution is 6.63. The molecule has 1 aliphatic heterocycles. The van der Waals surface area contributed by atoms with E-state index in [1.165, 1.54) is 12.7 Å². The van der Waals surface area contributed by atoms with Crippen LogP contribution in [-0.4, -0.2) is 31.4 Å². The quantitative estimate of drug-likeness (QED) is 0.572. The standard InChI is InChI=1S/C20H29BO4.C2H6/c1-18(2)11-10-13-8-9-15(16(14(13)12-18)17(22)23-7)21-24-19(3,4)20(5,6)25-21;1-2/h8-9H,10-12H2,1-7H3;1-2H3. The molecule has 4 nitrogen and oxygen atoms in total. The molecule has 1 fully saturated rings. The van der Waals surface area contributed by atoms with E-state index in [0.29, 0.717) is 5.56 Å². The molecule has 0 atom stereocenters. The Bertz CT molecular complexity index is 691. The van der Waals surface area contributed by atoms with Crippen LogP contribution in [0.2, 0.25) is 0 Å². The lowest BCUT2D eigenvalue weighted by Gasteiger charge is -2.33. The Hall–Kier alpha value is -1.33. The first kappa shape index (κ1) is 22.0. The van der Waals surface area contributed by atoms with Gasteiger partial charge < -0.3 is 14.0 Å². The number of rotatable bonds is 2. The van der Waals surface area contributed by atoms with Gasteiger partial charge in [0.05, 0.1) is 23.9 Å². The molecular weight excluding hydrogens is 339 g/mol. The van der Waals surface area contributed by atoms with Crippen LogP contribution in [0.15, 0.2) is 12.1 Å². The van der Waals surface area contributed by atoms with E-state index >= 15 is 0 Å². The number of hydrogen-bond acceptors (Lipinski definition) is 4. The molecule has 5 heteroatoms. The van der Waals surface area contributed by atoms with Gasteiger partial charge in [-0.05, 0) is 69.0 Å². The van der Waals surface area contributed by atoms with E-state index in [1.54, 1.807) is 0 Å². The van der Waals surface area contributed by atoms with Crippen LogP contribution in [-0.2, 0) is 26.9 Å². The number of ether oxygens (including phenoxy) is 1. The van der Waals surface area contributed by atoms with Crippen LogP contribution in [0.4, 0.5) is 0 Å². The predicted molar refractivity (Wildman–Crippen MR) is 111 cm³/mol. The maximum Gasteiger partial charge on any atom is 0.495 e. The molecule has 1 aliphatic carbocycles. The molecule has 1 aromatic carbocycles. The monoisotopic (exact) mass is 374 g/mol. The van der Waals surface area contributed by atoms with Gasteiger partial charge in [-0.15, -0.1) is 0 Å². The highest BCUT2D eigenvalue weighted by atomic mass is 16.7. The molecule has 1 heterocycles. The number of aryl methyl sites for hydroxylation is 1. The van der Waals surface area contributed by atoms with Gasteiger partial charge in [-0.2, -0.15) is 0 Å². The number of carbonyl (C=O) groups excluding carboxylic acids is 1. The fourth-order valence-electron chi connectivity index (χ4n) is 3.69. The topological polar surface area (TPSA) is 44.8 Å². The lowest BCUT2D eigenvalue weighted by Crippen LogP contribution is -2.41. The first-order chi connectivity index (χ1) is 12.5. The molecule has 1 saturated heterocycles. The van der Waals surface area contributed by atoms with Crippen molar-refractivity contribution < 1.29 is 18.8 Å². The molecular formula is C22H35BO4. The van der Waals surface area contributed by atoms with E-state index in [1.807, 2.05) is 47.6 Å². The first-order valence-corrected chi connectivity index (χ1v) is 10.1. The summed E-state index contributed by atoms with van der Waals surface area (Å²) < 4.78 is 17.5. The Morgan fingerprint density at radius 2 is 1.59 bits per heavy atom. The SMILES string of the molecule is CC.COC(=O)c1c(B2OC(C)(C)C(C)(C)O2)ccc2c1CC(C)(C)CC2. The molecule has 0 amide bonds. The normalized spacial score (nSPS) is 21.7. The van der Waals surface area contributed by atoms with Crippen LogP contribution in [0.25, 0.3) is 0 Å². The van der Waals surface area contributed by atoms with Gasteiger partial charge in [0.15, 0.2) is 0 Å². The summed E-state index contributed by atoms with van der Waals surface area (Å²) >= 11 is 0. The third-order valence-electron chi connectivity index (χ3n) is 6.07. The average Bonchev–Trinajstić information content (AvgIpc) is 2.81. The molecule has 0 saturated carbocycles. The summed E-state index contributed by atoms with van der Waals surface area (Å²) in [7, 11) is 0.874. The first-order valence-electron chi connectivity index (χ1n) is 10.1. The van der Waals surface area contributed by atoms with E-state index in [9.17, 15) is 4.79 Å². The summed E-state index contributed by atoms with van der Waals surface area (Å²) in [6.07, 6.45) is 2.96. The van der Waals surface area contributed by atoms with E-state index < -0.39 is 18.3 Å². The molecule has 150 valence electrons. The highest BCUT2D eigenvalue weighted by Gasteiger charge is 2.53. The van der Waals surface area contributed by atoms with Crippen LogP contribution < -0.4 is 5.46 Å². The molecule has 0 spiro atoms. The van der Waals surface area contributed by atoms with E-state index in [2.05, 4.69) is 19.9 Å². The number of methoxy groups -OCH3 is 1. The summed E-state index contributed by atoms with van der Waals surface area (Å²) in [6.45, 7) is 16.6. The third-order valence-corrected chi connectivity index (χ3v) is 6.07. The minimum absolute atomic E-state index is 0.171. The van der Waals surface area contributed by atoms with Crippen LogP contribution in [0, 0.1) is 5.41 Å². The van der Waals surface area contributed by atoms with Crippen molar-refractivity contribution in [2.24, 2.45) is 5.41 Å². The summed E-state index contributed by atoms with van der Waals surface area (Å²) in [5.74, 6) is -0.306. The molecule has 0 bridgehead atoms. The van der Waals surface area contributed by atoms with Crippen molar-refractivity contribution in [1.29, 1.82) is 0 Å². The van der Waals surface area contributed by atoms with Crippen molar-refractivity contribution in [3.8, 4) is 0 Å². The number of hydrogen-bond donors (Lipinski definition) is 0. The second-order valence-electron chi connectivity index (χ2n) is 9.09. The summed E-state index contributed by atoms with van der Waals surface area (Å²) in [5, 5.41) is 0. The van der Waals surface area contributed by atoms with Gasteiger partial charge in [0.25, 0.3) is 0 Å². The van der Waals surface area contributed by atoms with Gasteiger partial charge >= 0.3 is 13.1 Å². The molecule has 2 aliphatic rings. The fourth-order valence-corrected chi connectivity index (χ4v) is 3.69. The van der Waals surface area contributed by atoms with Gasteiger partial charge in [-0.25, -0.2) is 4.79 Å². The predicted octanol–water partition coefficient (Wildman–Crippen LogP) is 4.31. The molecule has 3 rings (SSSR count). The van der Waals surface area contributed by atoms with Gasteiger partial charge in [0.2, 0.25) is 0 Å². The highest BCUT2D eigenvalue weighted by Crippen LogP contribution is 2.39. The number of carbonyl (C=O) groups is 1. The Morgan fingerprint density at radius 3 is 2.11 bits per heavy atom. The van der Waals surface area contributed by atoms with Crippen molar-refractivity contribution >= 4 is 18.6 Å². The molecule has 27 heavy (non-hydrogen) atoms. The van der Waals surface area contributed by atoms with E-state index in [-0.39, 0.29) is 11.4 Å². The van der Waals surface area contributed by atoms with Crippen molar-refractivity contribution in [1.82, 2.24) is 0 Å². The van der Waals surface area contributed by atoms with Gasteiger partial charge in [0.1, 0.15) is 0 Å². The van der Waals surface area contributed by atoms with Gasteiger partial charge in [0, 0.05) is 0 Å². The molecule has 0 N–H and O–H groups in total. The van der Waals surface area contributed by atoms with Crippen molar-refractivity contribution in [2.45, 2.75) is 85.9 Å². The lowest BCUT2D eigenvalue weighted by atomic mass is 9.68.